The van der Waals surface area contributed by atoms with Crippen molar-refractivity contribution in [2.45, 2.75) is 50.7 Å². The molecule has 2 heterocycles. The Morgan fingerprint density at radius 2 is 2.08 bits per heavy atom. The van der Waals surface area contributed by atoms with Crippen molar-refractivity contribution >= 4 is 17.2 Å². The van der Waals surface area contributed by atoms with Crippen LogP contribution in [-0.2, 0) is 0 Å². The quantitative estimate of drug-likeness (QED) is 0.906. The average molecular weight is 342 g/mol. The molecule has 1 saturated carbocycles. The monoisotopic (exact) mass is 342 g/mol. The molecule has 1 N–H and O–H groups in total. The molecule has 1 aliphatic heterocycles. The molecule has 2 aliphatic rings. The van der Waals surface area contributed by atoms with E-state index in [1.54, 1.807) is 11.3 Å². The molecule has 1 atom stereocenters. The van der Waals surface area contributed by atoms with E-state index in [-0.39, 0.29) is 17.6 Å². The summed E-state index contributed by atoms with van der Waals surface area (Å²) < 4.78 is 0. The number of hydrogen-bond acceptors (Lipinski definition) is 4. The van der Waals surface area contributed by atoms with E-state index < -0.39 is 0 Å². The van der Waals surface area contributed by atoms with Crippen molar-refractivity contribution < 1.29 is 9.90 Å². The predicted molar refractivity (Wildman–Crippen MR) is 95.1 cm³/mol. The summed E-state index contributed by atoms with van der Waals surface area (Å²) in [6.07, 6.45) is 4.35. The van der Waals surface area contributed by atoms with E-state index in [2.05, 4.69) is 4.98 Å². The van der Waals surface area contributed by atoms with E-state index in [1.165, 1.54) is 0 Å². The molecule has 2 aromatic rings. The largest absolute Gasteiger partial charge is 0.393 e. The lowest BCUT2D eigenvalue weighted by Crippen LogP contribution is -2.61. The molecule has 1 spiro atoms. The van der Waals surface area contributed by atoms with Gasteiger partial charge in [-0.15, -0.1) is 11.3 Å². The minimum absolute atomic E-state index is 0.0978. The summed E-state index contributed by atoms with van der Waals surface area (Å²) in [4.78, 5) is 19.5. The number of amides is 1. The van der Waals surface area contributed by atoms with Crippen molar-refractivity contribution in [3.63, 3.8) is 0 Å². The maximum Gasteiger partial charge on any atom is 0.254 e. The summed E-state index contributed by atoms with van der Waals surface area (Å²) in [6.45, 7) is 2.65. The molecule has 126 valence electrons. The van der Waals surface area contributed by atoms with Crippen LogP contribution in [0.5, 0.6) is 0 Å². The summed E-state index contributed by atoms with van der Waals surface area (Å²) in [6, 6.07) is 7.77. The first-order chi connectivity index (χ1) is 11.6. The molecular formula is C19H22N2O2S. The lowest BCUT2D eigenvalue weighted by molar-refractivity contribution is -0.0484. The van der Waals surface area contributed by atoms with Gasteiger partial charge in [0.2, 0.25) is 0 Å². The standard InChI is InChI=1S/C19H22N2O2S/c1-13-20-17(12-24-13)14-3-5-15(6-4-14)18(23)21-10-7-16(22)11-19(21)8-2-9-19/h3-6,12,16,22H,2,7-11H2,1H3/t16-/m0/s1. The van der Waals surface area contributed by atoms with Gasteiger partial charge in [0.15, 0.2) is 0 Å². The lowest BCUT2D eigenvalue weighted by Gasteiger charge is -2.54. The zero-order chi connectivity index (χ0) is 16.7. The van der Waals surface area contributed by atoms with Crippen LogP contribution in [0.15, 0.2) is 29.6 Å². The minimum Gasteiger partial charge on any atom is -0.393 e. The van der Waals surface area contributed by atoms with Crippen LogP contribution >= 0.6 is 11.3 Å². The van der Waals surface area contributed by atoms with Gasteiger partial charge in [-0.1, -0.05) is 12.1 Å². The molecule has 1 aromatic carbocycles. The Morgan fingerprint density at radius 1 is 1.33 bits per heavy atom. The van der Waals surface area contributed by atoms with Gasteiger partial charge < -0.3 is 10.0 Å². The highest BCUT2D eigenvalue weighted by Gasteiger charge is 2.48. The van der Waals surface area contributed by atoms with Gasteiger partial charge in [-0.05, 0) is 51.2 Å². The third-order valence-corrected chi connectivity index (χ3v) is 6.22. The Hall–Kier alpha value is -1.72. The van der Waals surface area contributed by atoms with Gasteiger partial charge in [0.25, 0.3) is 5.91 Å². The van der Waals surface area contributed by atoms with Gasteiger partial charge in [-0.3, -0.25) is 4.79 Å². The number of piperidine rings is 1. The number of carbonyl (C=O) groups is 1. The molecule has 2 fully saturated rings. The zero-order valence-corrected chi connectivity index (χ0v) is 14.7. The SMILES string of the molecule is Cc1nc(-c2ccc(C(=O)N3CC[C@H](O)CC34CCC4)cc2)cs1. The van der Waals surface area contributed by atoms with Crippen molar-refractivity contribution in [1.29, 1.82) is 0 Å². The molecule has 24 heavy (non-hydrogen) atoms. The van der Waals surface area contributed by atoms with Crippen LogP contribution in [0.1, 0.15) is 47.5 Å². The average Bonchev–Trinajstić information content (AvgIpc) is 2.99. The van der Waals surface area contributed by atoms with Crippen LogP contribution in [0.4, 0.5) is 0 Å². The fraction of sp³-hybridized carbons (Fsp3) is 0.474. The summed E-state index contributed by atoms with van der Waals surface area (Å²) in [5.74, 6) is 0.0996. The molecule has 0 radical (unpaired) electrons. The van der Waals surface area contributed by atoms with Gasteiger partial charge in [0.1, 0.15) is 0 Å². The molecule has 1 aliphatic carbocycles. The highest BCUT2D eigenvalue weighted by molar-refractivity contribution is 7.09. The number of aliphatic hydroxyl groups excluding tert-OH is 1. The fourth-order valence-electron chi connectivity index (χ4n) is 3.98. The van der Waals surface area contributed by atoms with E-state index in [0.717, 1.165) is 47.5 Å². The zero-order valence-electron chi connectivity index (χ0n) is 13.9. The molecule has 5 heteroatoms. The van der Waals surface area contributed by atoms with Crippen LogP contribution in [0, 0.1) is 6.92 Å². The van der Waals surface area contributed by atoms with E-state index in [0.29, 0.717) is 13.0 Å². The first kappa shape index (κ1) is 15.8. The van der Waals surface area contributed by atoms with Gasteiger partial charge in [0.05, 0.1) is 16.8 Å². The number of aliphatic hydroxyl groups is 1. The predicted octanol–water partition coefficient (Wildman–Crippen LogP) is 3.64. The molecule has 1 amide bonds. The minimum atomic E-state index is -0.260. The first-order valence-electron chi connectivity index (χ1n) is 8.60. The van der Waals surface area contributed by atoms with E-state index >= 15 is 0 Å². The van der Waals surface area contributed by atoms with Gasteiger partial charge in [-0.2, -0.15) is 0 Å². The van der Waals surface area contributed by atoms with Crippen molar-refractivity contribution in [3.05, 3.63) is 40.2 Å². The Kier molecular flexibility index (Phi) is 3.93. The van der Waals surface area contributed by atoms with Crippen molar-refractivity contribution in [3.8, 4) is 11.3 Å². The Bertz CT molecular complexity index is 749. The smallest absolute Gasteiger partial charge is 0.254 e. The summed E-state index contributed by atoms with van der Waals surface area (Å²) in [5.41, 5.74) is 2.64. The molecular weight excluding hydrogens is 320 g/mol. The number of rotatable bonds is 2. The highest BCUT2D eigenvalue weighted by Crippen LogP contribution is 2.45. The Balaban J connectivity index is 1.56. The van der Waals surface area contributed by atoms with Crippen molar-refractivity contribution in [1.82, 2.24) is 9.88 Å². The molecule has 0 bridgehead atoms. The maximum atomic E-state index is 13.0. The Labute approximate surface area is 146 Å². The van der Waals surface area contributed by atoms with Gasteiger partial charge in [0, 0.05) is 28.6 Å². The van der Waals surface area contributed by atoms with Crippen LogP contribution in [-0.4, -0.2) is 39.1 Å². The Morgan fingerprint density at radius 3 is 2.67 bits per heavy atom. The second kappa shape index (κ2) is 5.97. The fourth-order valence-corrected chi connectivity index (χ4v) is 4.60. The van der Waals surface area contributed by atoms with Crippen LogP contribution < -0.4 is 0 Å². The van der Waals surface area contributed by atoms with Crippen molar-refractivity contribution in [2.75, 3.05) is 6.54 Å². The maximum absolute atomic E-state index is 13.0. The van der Waals surface area contributed by atoms with Gasteiger partial charge >= 0.3 is 0 Å². The summed E-state index contributed by atoms with van der Waals surface area (Å²) in [5, 5.41) is 13.1. The number of aromatic nitrogens is 1. The normalized spacial score (nSPS) is 22.4. The number of carbonyl (C=O) groups excluding carboxylic acids is 1. The van der Waals surface area contributed by atoms with Crippen LogP contribution in [0.3, 0.4) is 0 Å². The molecule has 4 rings (SSSR count). The number of aryl methyl sites for hydroxylation is 1. The first-order valence-corrected chi connectivity index (χ1v) is 9.48. The second-order valence-electron chi connectivity index (χ2n) is 7.01. The third kappa shape index (κ3) is 2.66. The van der Waals surface area contributed by atoms with E-state index in [1.807, 2.05) is 41.5 Å². The third-order valence-electron chi connectivity index (χ3n) is 5.45. The molecule has 1 saturated heterocycles. The molecule has 1 aromatic heterocycles. The number of hydrogen-bond donors (Lipinski definition) is 1. The topological polar surface area (TPSA) is 53.4 Å². The number of benzene rings is 1. The molecule has 4 nitrogen and oxygen atoms in total. The van der Waals surface area contributed by atoms with Gasteiger partial charge in [-0.25, -0.2) is 4.98 Å². The highest BCUT2D eigenvalue weighted by atomic mass is 32.1. The number of likely N-dealkylation sites (tertiary alicyclic amines) is 1. The molecule has 0 unspecified atom stereocenters. The lowest BCUT2D eigenvalue weighted by atomic mass is 9.69. The summed E-state index contributed by atoms with van der Waals surface area (Å²) in [7, 11) is 0. The summed E-state index contributed by atoms with van der Waals surface area (Å²) >= 11 is 1.63. The van der Waals surface area contributed by atoms with E-state index in [9.17, 15) is 9.90 Å². The van der Waals surface area contributed by atoms with Crippen LogP contribution in [0.2, 0.25) is 0 Å². The van der Waals surface area contributed by atoms with E-state index in [4.69, 9.17) is 0 Å². The number of thiazole rings is 1. The van der Waals surface area contributed by atoms with Crippen molar-refractivity contribution in [2.24, 2.45) is 0 Å². The number of nitrogens with zero attached hydrogens (tertiary/aromatic N) is 2. The van der Waals surface area contributed by atoms with Crippen LogP contribution in [0.25, 0.3) is 11.3 Å². The second-order valence-corrected chi connectivity index (χ2v) is 8.07.